The van der Waals surface area contributed by atoms with Gasteiger partial charge in [0.1, 0.15) is 5.01 Å². The zero-order valence-electron chi connectivity index (χ0n) is 16.1. The van der Waals surface area contributed by atoms with Crippen molar-refractivity contribution in [3.8, 4) is 5.69 Å². The van der Waals surface area contributed by atoms with Gasteiger partial charge in [0, 0.05) is 23.4 Å². The number of benzene rings is 1. The van der Waals surface area contributed by atoms with Gasteiger partial charge in [-0.15, -0.1) is 10.2 Å². The molecular weight excluding hydrogens is 382 g/mol. The average molecular weight is 406 g/mol. The van der Waals surface area contributed by atoms with E-state index in [9.17, 15) is 4.79 Å². The Morgan fingerprint density at radius 3 is 2.34 bits per heavy atom. The highest BCUT2D eigenvalue weighted by molar-refractivity contribution is 7.15. The number of anilines is 1. The number of hydrogen-bond acceptors (Lipinski definition) is 5. The normalized spacial score (nSPS) is 29.9. The summed E-state index contributed by atoms with van der Waals surface area (Å²) in [5, 5.41) is 17.8. The number of aromatic nitrogens is 4. The standard InChI is InChI=1S/C22H23N5OS/c28-19(17-2-4-18(5-3-17)27-7-1-6-23-27)24-21-26-25-20(29-21)22-11-14-8-15(12-22)10-16(9-14)13-22/h1-7,14-16H,8-13H2,(H,24,26,28). The van der Waals surface area contributed by atoms with Crippen molar-refractivity contribution in [1.29, 1.82) is 0 Å². The molecule has 6 nitrogen and oxygen atoms in total. The molecule has 2 heterocycles. The first-order valence-corrected chi connectivity index (χ1v) is 11.2. The van der Waals surface area contributed by atoms with Crippen molar-refractivity contribution in [2.45, 2.75) is 43.9 Å². The van der Waals surface area contributed by atoms with Crippen LogP contribution in [-0.4, -0.2) is 25.9 Å². The first-order valence-electron chi connectivity index (χ1n) is 10.4. The van der Waals surface area contributed by atoms with Crippen LogP contribution in [0.3, 0.4) is 0 Å². The van der Waals surface area contributed by atoms with E-state index in [1.165, 1.54) is 38.5 Å². The highest BCUT2D eigenvalue weighted by Crippen LogP contribution is 2.61. The SMILES string of the molecule is O=C(Nc1nnc(C23CC4CC(CC(C4)C2)C3)s1)c1ccc(-n2cccn2)cc1. The van der Waals surface area contributed by atoms with Crippen LogP contribution in [0.15, 0.2) is 42.7 Å². The van der Waals surface area contributed by atoms with Crippen LogP contribution in [0, 0.1) is 17.8 Å². The molecule has 4 bridgehead atoms. The fraction of sp³-hybridized carbons (Fsp3) is 0.455. The van der Waals surface area contributed by atoms with Gasteiger partial charge in [-0.05, 0) is 86.6 Å². The lowest BCUT2D eigenvalue weighted by Gasteiger charge is -2.55. The van der Waals surface area contributed by atoms with Gasteiger partial charge in [0.2, 0.25) is 5.13 Å². The summed E-state index contributed by atoms with van der Waals surface area (Å²) in [7, 11) is 0. The monoisotopic (exact) mass is 405 g/mol. The van der Waals surface area contributed by atoms with Gasteiger partial charge in [-0.25, -0.2) is 4.68 Å². The van der Waals surface area contributed by atoms with Gasteiger partial charge in [-0.3, -0.25) is 10.1 Å². The summed E-state index contributed by atoms with van der Waals surface area (Å²) in [5.41, 5.74) is 1.75. The van der Waals surface area contributed by atoms with Crippen LogP contribution in [0.5, 0.6) is 0 Å². The van der Waals surface area contributed by atoms with Crippen LogP contribution in [-0.2, 0) is 5.41 Å². The third-order valence-corrected chi connectivity index (χ3v) is 8.12. The molecule has 0 spiro atoms. The molecule has 4 saturated carbocycles. The first kappa shape index (κ1) is 17.3. The molecule has 0 saturated heterocycles. The second-order valence-corrected chi connectivity index (χ2v) is 10.0. The van der Waals surface area contributed by atoms with Crippen LogP contribution < -0.4 is 5.32 Å². The van der Waals surface area contributed by atoms with Gasteiger partial charge < -0.3 is 0 Å². The molecule has 0 radical (unpaired) electrons. The van der Waals surface area contributed by atoms with Gasteiger partial charge in [0.25, 0.3) is 5.91 Å². The zero-order valence-corrected chi connectivity index (χ0v) is 16.9. The quantitative estimate of drug-likeness (QED) is 0.696. The van der Waals surface area contributed by atoms with Crippen molar-refractivity contribution in [3.05, 3.63) is 53.3 Å². The molecule has 7 heteroatoms. The lowest BCUT2D eigenvalue weighted by Crippen LogP contribution is -2.48. The number of amides is 1. The molecule has 1 aromatic carbocycles. The maximum atomic E-state index is 12.7. The van der Waals surface area contributed by atoms with E-state index in [2.05, 4.69) is 20.6 Å². The molecule has 4 fully saturated rings. The predicted molar refractivity (Wildman–Crippen MR) is 111 cm³/mol. The van der Waals surface area contributed by atoms with E-state index in [1.807, 2.05) is 36.5 Å². The lowest BCUT2D eigenvalue weighted by molar-refractivity contribution is -0.00555. The molecule has 7 rings (SSSR count). The Kier molecular flexibility index (Phi) is 3.88. The molecule has 4 aliphatic carbocycles. The second-order valence-electron chi connectivity index (χ2n) is 9.06. The molecule has 29 heavy (non-hydrogen) atoms. The minimum absolute atomic E-state index is 0.148. The van der Waals surface area contributed by atoms with Crippen LogP contribution in [0.4, 0.5) is 5.13 Å². The van der Waals surface area contributed by atoms with E-state index < -0.39 is 0 Å². The van der Waals surface area contributed by atoms with E-state index in [0.717, 1.165) is 28.4 Å². The third kappa shape index (κ3) is 2.99. The minimum Gasteiger partial charge on any atom is -0.296 e. The average Bonchev–Trinajstić information content (AvgIpc) is 3.40. The minimum atomic E-state index is -0.148. The molecule has 0 atom stereocenters. The highest BCUT2D eigenvalue weighted by atomic mass is 32.1. The molecule has 0 unspecified atom stereocenters. The molecule has 148 valence electrons. The molecule has 2 aromatic heterocycles. The number of nitrogens with zero attached hydrogens (tertiary/aromatic N) is 4. The van der Waals surface area contributed by atoms with E-state index >= 15 is 0 Å². The van der Waals surface area contributed by atoms with Crippen molar-refractivity contribution >= 4 is 22.4 Å². The summed E-state index contributed by atoms with van der Waals surface area (Å²) >= 11 is 1.58. The number of rotatable bonds is 4. The predicted octanol–water partition coefficient (Wildman–Crippen LogP) is 4.44. The molecule has 1 amide bonds. The topological polar surface area (TPSA) is 72.7 Å². The van der Waals surface area contributed by atoms with E-state index in [4.69, 9.17) is 0 Å². The van der Waals surface area contributed by atoms with Crippen molar-refractivity contribution in [3.63, 3.8) is 0 Å². The Labute approximate surface area is 173 Å². The zero-order chi connectivity index (χ0) is 19.4. The fourth-order valence-corrected chi connectivity index (χ4v) is 7.17. The number of carbonyl (C=O) groups excluding carboxylic acids is 1. The summed E-state index contributed by atoms with van der Waals surface area (Å²) in [5.74, 6) is 2.47. The maximum absolute atomic E-state index is 12.7. The van der Waals surface area contributed by atoms with Crippen LogP contribution in [0.2, 0.25) is 0 Å². The summed E-state index contributed by atoms with van der Waals surface area (Å²) in [6.45, 7) is 0. The van der Waals surface area contributed by atoms with Crippen LogP contribution in [0.25, 0.3) is 5.69 Å². The molecule has 4 aliphatic rings. The Hall–Kier alpha value is -2.54. The van der Waals surface area contributed by atoms with Gasteiger partial charge >= 0.3 is 0 Å². The summed E-state index contributed by atoms with van der Waals surface area (Å²) < 4.78 is 1.77. The summed E-state index contributed by atoms with van der Waals surface area (Å²) in [6.07, 6.45) is 11.6. The molecule has 0 aliphatic heterocycles. The van der Waals surface area contributed by atoms with Gasteiger partial charge in [-0.1, -0.05) is 11.3 Å². The number of hydrogen-bond donors (Lipinski definition) is 1. The molecular formula is C22H23N5OS. The van der Waals surface area contributed by atoms with E-state index in [-0.39, 0.29) is 11.3 Å². The smallest absolute Gasteiger partial charge is 0.257 e. The first-order chi connectivity index (χ1) is 14.2. The van der Waals surface area contributed by atoms with Crippen molar-refractivity contribution < 1.29 is 4.79 Å². The van der Waals surface area contributed by atoms with Gasteiger partial charge in [-0.2, -0.15) is 5.10 Å². The Balaban J connectivity index is 1.18. The Morgan fingerprint density at radius 1 is 1.03 bits per heavy atom. The summed E-state index contributed by atoms with van der Waals surface area (Å²) in [6, 6.07) is 9.28. The third-order valence-electron chi connectivity index (χ3n) is 7.04. The van der Waals surface area contributed by atoms with Crippen molar-refractivity contribution in [2.24, 2.45) is 17.8 Å². The fourth-order valence-electron chi connectivity index (χ4n) is 6.22. The number of carbonyl (C=O) groups is 1. The largest absolute Gasteiger partial charge is 0.296 e. The van der Waals surface area contributed by atoms with E-state index in [0.29, 0.717) is 10.7 Å². The van der Waals surface area contributed by atoms with Crippen LogP contribution in [0.1, 0.15) is 53.9 Å². The van der Waals surface area contributed by atoms with Crippen molar-refractivity contribution in [1.82, 2.24) is 20.0 Å². The molecule has 3 aromatic rings. The Morgan fingerprint density at radius 2 is 1.72 bits per heavy atom. The molecule has 1 N–H and O–H groups in total. The van der Waals surface area contributed by atoms with Gasteiger partial charge in [0.05, 0.1) is 5.69 Å². The highest BCUT2D eigenvalue weighted by Gasteiger charge is 2.53. The Bertz CT molecular complexity index is 1000. The summed E-state index contributed by atoms with van der Waals surface area (Å²) in [4.78, 5) is 12.7. The second kappa shape index (κ2) is 6.49. The van der Waals surface area contributed by atoms with Gasteiger partial charge in [0.15, 0.2) is 0 Å². The van der Waals surface area contributed by atoms with E-state index in [1.54, 1.807) is 22.2 Å². The lowest BCUT2D eigenvalue weighted by atomic mass is 9.50. The van der Waals surface area contributed by atoms with Crippen molar-refractivity contribution in [2.75, 3.05) is 5.32 Å². The number of nitrogens with one attached hydrogen (secondary N) is 1. The maximum Gasteiger partial charge on any atom is 0.257 e. The van der Waals surface area contributed by atoms with Crippen LogP contribution >= 0.6 is 11.3 Å².